The summed E-state index contributed by atoms with van der Waals surface area (Å²) in [5, 5.41) is 0.925. The summed E-state index contributed by atoms with van der Waals surface area (Å²) < 4.78 is 20.4. The molecule has 4 atom stereocenters. The molecule has 2 heterocycles. The van der Waals surface area contributed by atoms with Gasteiger partial charge in [-0.3, -0.25) is 4.79 Å². The van der Waals surface area contributed by atoms with Crippen molar-refractivity contribution in [2.75, 3.05) is 0 Å². The van der Waals surface area contributed by atoms with Crippen molar-refractivity contribution >= 4 is 22.5 Å². The van der Waals surface area contributed by atoms with Crippen LogP contribution in [0, 0.1) is 25.6 Å². The van der Waals surface area contributed by atoms with Crippen LogP contribution in [0.5, 0.6) is 5.75 Å². The summed E-state index contributed by atoms with van der Waals surface area (Å²) in [4.78, 5) is 29.1. The van der Waals surface area contributed by atoms with Crippen LogP contribution in [-0.4, -0.2) is 26.0 Å². The Morgan fingerprint density at radius 1 is 1.18 bits per heavy atom. The van der Waals surface area contributed by atoms with Crippen LogP contribution in [0.1, 0.15) is 35.2 Å². The number of ether oxygens (including phenoxy) is 1. The Morgan fingerprint density at radius 2 is 2.03 bits per heavy atom. The summed E-state index contributed by atoms with van der Waals surface area (Å²) in [5.74, 6) is 1.58. The molecule has 0 bridgehead atoms. The van der Waals surface area contributed by atoms with Gasteiger partial charge in [0.05, 0.1) is 22.8 Å². The maximum absolute atomic E-state index is 14.1. The average Bonchev–Trinajstić information content (AvgIpc) is 3.33. The molecule has 2 aliphatic carbocycles. The number of nitrogens with one attached hydrogen (secondary N) is 1. The fourth-order valence-corrected chi connectivity index (χ4v) is 5.67. The predicted octanol–water partition coefficient (Wildman–Crippen LogP) is 4.63. The van der Waals surface area contributed by atoms with Gasteiger partial charge in [-0.05, 0) is 56.2 Å². The number of aromatic amines is 1. The van der Waals surface area contributed by atoms with E-state index in [0.29, 0.717) is 39.7 Å². The minimum atomic E-state index is -0.331. The number of H-pyrrole nitrogens is 1. The fourth-order valence-electron chi connectivity index (χ4n) is 5.50. The van der Waals surface area contributed by atoms with Crippen LogP contribution >= 0.6 is 11.6 Å². The van der Waals surface area contributed by atoms with Crippen molar-refractivity contribution in [2.45, 2.75) is 37.7 Å². The molecule has 33 heavy (non-hydrogen) atoms. The second kappa shape index (κ2) is 7.09. The highest BCUT2D eigenvalue weighted by Crippen LogP contribution is 2.77. The molecule has 4 aromatic rings. The molecule has 2 aromatic heterocycles. The fraction of sp³-hybridized carbons (Fsp3) is 0.280. The van der Waals surface area contributed by atoms with Gasteiger partial charge in [0.25, 0.3) is 5.56 Å². The summed E-state index contributed by atoms with van der Waals surface area (Å²) in [5.41, 5.74) is 1.69. The quantitative estimate of drug-likeness (QED) is 0.478. The zero-order chi connectivity index (χ0) is 22.9. The van der Waals surface area contributed by atoms with Gasteiger partial charge < -0.3 is 9.72 Å². The van der Waals surface area contributed by atoms with Gasteiger partial charge in [0.1, 0.15) is 23.6 Å². The van der Waals surface area contributed by atoms with Gasteiger partial charge in [-0.2, -0.15) is 0 Å². The molecule has 6 rings (SSSR count). The molecule has 0 aliphatic heterocycles. The van der Waals surface area contributed by atoms with Crippen LogP contribution in [0.25, 0.3) is 10.9 Å². The zero-order valence-electron chi connectivity index (χ0n) is 18.0. The Labute approximate surface area is 193 Å². The van der Waals surface area contributed by atoms with Gasteiger partial charge >= 0.3 is 0 Å². The van der Waals surface area contributed by atoms with E-state index in [1.807, 2.05) is 19.9 Å². The number of benzene rings is 2. The highest BCUT2D eigenvalue weighted by Gasteiger charge is 2.78. The highest BCUT2D eigenvalue weighted by molar-refractivity contribution is 6.31. The van der Waals surface area contributed by atoms with Gasteiger partial charge in [0, 0.05) is 22.3 Å². The van der Waals surface area contributed by atoms with Gasteiger partial charge in [-0.25, -0.2) is 19.3 Å². The van der Waals surface area contributed by atoms with Crippen molar-refractivity contribution < 1.29 is 9.13 Å². The predicted molar refractivity (Wildman–Crippen MR) is 122 cm³/mol. The van der Waals surface area contributed by atoms with E-state index >= 15 is 0 Å². The van der Waals surface area contributed by atoms with Crippen LogP contribution < -0.4 is 10.3 Å². The molecular weight excluding hydrogens is 443 g/mol. The normalized spacial score (nSPS) is 25.4. The number of aromatic nitrogens is 4. The van der Waals surface area contributed by atoms with Crippen molar-refractivity contribution in [3.8, 4) is 5.75 Å². The maximum Gasteiger partial charge on any atom is 0.258 e. The molecule has 0 spiro atoms. The van der Waals surface area contributed by atoms with E-state index < -0.39 is 0 Å². The second-order valence-corrected chi connectivity index (χ2v) is 9.33. The average molecular weight is 463 g/mol. The van der Waals surface area contributed by atoms with Crippen molar-refractivity contribution in [2.24, 2.45) is 5.92 Å². The van der Waals surface area contributed by atoms with Crippen LogP contribution in [0.3, 0.4) is 0 Å². The Morgan fingerprint density at radius 3 is 2.82 bits per heavy atom. The third kappa shape index (κ3) is 3.06. The van der Waals surface area contributed by atoms with Crippen molar-refractivity contribution in [1.29, 1.82) is 0 Å². The molecular formula is C25H20ClFN4O2. The van der Waals surface area contributed by atoms with E-state index in [4.69, 9.17) is 21.3 Å². The number of rotatable bonds is 4. The van der Waals surface area contributed by atoms with Gasteiger partial charge in [-0.15, -0.1) is 0 Å². The molecule has 0 amide bonds. The molecule has 2 aliphatic rings. The Balaban J connectivity index is 1.40. The molecule has 6 nitrogen and oxygen atoms in total. The summed E-state index contributed by atoms with van der Waals surface area (Å²) in [6.45, 7) is 3.72. The molecule has 2 fully saturated rings. The number of aryl methyl sites for hydroxylation is 2. The monoisotopic (exact) mass is 462 g/mol. The first-order valence-corrected chi connectivity index (χ1v) is 11.2. The highest BCUT2D eigenvalue weighted by atomic mass is 35.5. The minimum absolute atomic E-state index is 0.0490. The van der Waals surface area contributed by atoms with E-state index in [-0.39, 0.29) is 34.7 Å². The van der Waals surface area contributed by atoms with E-state index in [9.17, 15) is 9.18 Å². The number of halogens is 2. The first-order valence-electron chi connectivity index (χ1n) is 10.8. The second-order valence-electron chi connectivity index (χ2n) is 8.89. The largest absolute Gasteiger partial charge is 0.487 e. The topological polar surface area (TPSA) is 80.8 Å². The molecule has 0 radical (unpaired) electrons. The standard InChI is InChI=1S/C25H20ClFN4O2/c1-12-20(11-28-13(2)29-12)33-19-10-25(14-4-3-5-16(27)8-14)21(19)22(25)23-30-18-7-6-15(26)9-17(18)24(32)31-23/h3-9,11,19,21-22H,10H2,1-2H3,(H,30,31,32)/t19?,21-,22-,25+/m0/s1. The van der Waals surface area contributed by atoms with Crippen LogP contribution in [0.4, 0.5) is 4.39 Å². The zero-order valence-corrected chi connectivity index (χ0v) is 18.7. The lowest BCUT2D eigenvalue weighted by Crippen LogP contribution is -2.38. The lowest BCUT2D eigenvalue weighted by molar-refractivity contribution is 0.0876. The Hall–Kier alpha value is -3.32. The molecule has 0 saturated heterocycles. The lowest BCUT2D eigenvalue weighted by Gasteiger charge is -2.35. The summed E-state index contributed by atoms with van der Waals surface area (Å²) in [6.07, 6.45) is 2.26. The van der Waals surface area contributed by atoms with E-state index in [0.717, 1.165) is 11.3 Å². The van der Waals surface area contributed by atoms with E-state index in [1.54, 1.807) is 36.5 Å². The Bertz CT molecular complexity index is 1490. The summed E-state index contributed by atoms with van der Waals surface area (Å²) in [6, 6.07) is 11.7. The number of hydrogen-bond acceptors (Lipinski definition) is 5. The summed E-state index contributed by atoms with van der Waals surface area (Å²) in [7, 11) is 0. The van der Waals surface area contributed by atoms with Crippen molar-refractivity contribution in [1.82, 2.24) is 19.9 Å². The summed E-state index contributed by atoms with van der Waals surface area (Å²) >= 11 is 6.05. The maximum atomic E-state index is 14.1. The van der Waals surface area contributed by atoms with E-state index in [1.165, 1.54) is 6.07 Å². The van der Waals surface area contributed by atoms with Crippen LogP contribution in [-0.2, 0) is 5.41 Å². The SMILES string of the molecule is Cc1ncc(OC2C[C@]3(c4cccc(F)c4)[C@H](c4nc5ccc(Cl)cc5c(=O)[nH]4)[C@H]23)c(C)n1. The van der Waals surface area contributed by atoms with Crippen LogP contribution in [0.2, 0.25) is 5.02 Å². The first-order chi connectivity index (χ1) is 15.9. The molecule has 2 saturated carbocycles. The number of fused-ring (bicyclic) bond motifs is 2. The van der Waals surface area contributed by atoms with Gasteiger partial charge in [0.15, 0.2) is 5.75 Å². The third-order valence-corrected chi connectivity index (χ3v) is 7.25. The lowest BCUT2D eigenvalue weighted by atomic mass is 9.76. The molecule has 1 unspecified atom stereocenters. The first kappa shape index (κ1) is 20.3. The Kier molecular flexibility index (Phi) is 4.36. The third-order valence-electron chi connectivity index (χ3n) is 7.01. The minimum Gasteiger partial charge on any atom is -0.487 e. The number of hydrogen-bond donors (Lipinski definition) is 1. The van der Waals surface area contributed by atoms with E-state index in [2.05, 4.69) is 15.0 Å². The van der Waals surface area contributed by atoms with Crippen molar-refractivity contribution in [3.63, 3.8) is 0 Å². The van der Waals surface area contributed by atoms with Gasteiger partial charge in [0.2, 0.25) is 0 Å². The van der Waals surface area contributed by atoms with Crippen molar-refractivity contribution in [3.05, 3.63) is 92.8 Å². The molecule has 166 valence electrons. The molecule has 8 heteroatoms. The van der Waals surface area contributed by atoms with Crippen LogP contribution in [0.15, 0.2) is 53.5 Å². The van der Waals surface area contributed by atoms with Gasteiger partial charge in [-0.1, -0.05) is 23.7 Å². The number of nitrogens with zero attached hydrogens (tertiary/aromatic N) is 3. The molecule has 1 N–H and O–H groups in total. The molecule has 2 aromatic carbocycles. The smallest absolute Gasteiger partial charge is 0.258 e.